The first-order chi connectivity index (χ1) is 5.45. The molecule has 0 saturated heterocycles. The van der Waals surface area contributed by atoms with Crippen LogP contribution < -0.4 is 0 Å². The monoisotopic (exact) mass is 174 g/mol. The largest absolute Gasteiger partial charge is 0.481 e. The fourth-order valence-electron chi connectivity index (χ4n) is 0.174. The first kappa shape index (κ1) is 13.3. The number of hydrogen-bond donors (Lipinski definition) is 1. The molecular weight excluding hydrogens is 160 g/mol. The Balaban J connectivity index is 0. The number of methoxy groups -OCH3 is 1. The van der Waals surface area contributed by atoms with Gasteiger partial charge < -0.3 is 9.84 Å². The third kappa shape index (κ3) is 11.5. The number of esters is 1. The molecule has 0 bridgehead atoms. The van der Waals surface area contributed by atoms with Gasteiger partial charge in [0.1, 0.15) is 0 Å². The summed E-state index contributed by atoms with van der Waals surface area (Å²) in [6, 6.07) is 0. The van der Waals surface area contributed by atoms with Crippen molar-refractivity contribution in [3.05, 3.63) is 12.2 Å². The van der Waals surface area contributed by atoms with Gasteiger partial charge in [-0.25, -0.2) is 4.79 Å². The number of carbonyl (C=O) groups is 2. The van der Waals surface area contributed by atoms with Gasteiger partial charge in [-0.3, -0.25) is 4.79 Å². The van der Waals surface area contributed by atoms with Gasteiger partial charge in [0.05, 0.1) is 7.11 Å². The lowest BCUT2D eigenvalue weighted by Gasteiger charge is -1.91. The minimum Gasteiger partial charge on any atom is -0.481 e. The van der Waals surface area contributed by atoms with Gasteiger partial charge in [-0.2, -0.15) is 0 Å². The first-order valence-corrected chi connectivity index (χ1v) is 3.41. The summed E-state index contributed by atoms with van der Waals surface area (Å²) >= 11 is 0. The van der Waals surface area contributed by atoms with Gasteiger partial charge in [0.2, 0.25) is 0 Å². The van der Waals surface area contributed by atoms with Crippen LogP contribution in [-0.4, -0.2) is 24.2 Å². The molecule has 70 valence electrons. The fraction of sp³-hybridized carbons (Fsp3) is 0.500. The Morgan fingerprint density at radius 2 is 1.83 bits per heavy atom. The summed E-state index contributed by atoms with van der Waals surface area (Å²) in [7, 11) is 1.33. The highest BCUT2D eigenvalue weighted by atomic mass is 16.5. The van der Waals surface area contributed by atoms with Crippen LogP contribution in [0.4, 0.5) is 0 Å². The number of rotatable bonds is 2. The molecule has 0 aliphatic heterocycles. The highest BCUT2D eigenvalue weighted by molar-refractivity contribution is 5.86. The normalized spacial score (nSPS) is 7.58. The van der Waals surface area contributed by atoms with Gasteiger partial charge in [0.15, 0.2) is 0 Å². The van der Waals surface area contributed by atoms with Gasteiger partial charge in [0, 0.05) is 12.0 Å². The average Bonchev–Trinajstić information content (AvgIpc) is 2.04. The molecule has 0 aromatic carbocycles. The molecule has 0 saturated carbocycles. The number of carboxylic acid groups (broad SMARTS) is 1. The van der Waals surface area contributed by atoms with E-state index in [9.17, 15) is 9.59 Å². The van der Waals surface area contributed by atoms with Crippen molar-refractivity contribution in [1.29, 1.82) is 0 Å². The second-order valence-corrected chi connectivity index (χ2v) is 2.02. The molecule has 0 fully saturated rings. The summed E-state index contributed by atoms with van der Waals surface area (Å²) < 4.78 is 4.27. The molecule has 0 aromatic rings. The summed E-state index contributed by atoms with van der Waals surface area (Å²) in [4.78, 5) is 19.6. The van der Waals surface area contributed by atoms with Crippen molar-refractivity contribution in [1.82, 2.24) is 0 Å². The molecule has 0 unspecified atom stereocenters. The van der Waals surface area contributed by atoms with Gasteiger partial charge in [-0.15, -0.1) is 0 Å². The zero-order valence-corrected chi connectivity index (χ0v) is 7.59. The van der Waals surface area contributed by atoms with Gasteiger partial charge in [-0.05, 0) is 6.92 Å². The van der Waals surface area contributed by atoms with Gasteiger partial charge in [0.25, 0.3) is 0 Å². The molecular formula is C8H14O4. The van der Waals surface area contributed by atoms with E-state index in [1.165, 1.54) is 7.11 Å². The molecule has 12 heavy (non-hydrogen) atoms. The molecule has 0 aliphatic carbocycles. The minimum atomic E-state index is -0.745. The predicted molar refractivity (Wildman–Crippen MR) is 44.8 cm³/mol. The van der Waals surface area contributed by atoms with Crippen LogP contribution in [0, 0.1) is 0 Å². The SMILES string of the molecule is C=C(C)C(=O)OC.CCC(=O)O. The molecule has 0 heterocycles. The first-order valence-electron chi connectivity index (χ1n) is 3.41. The van der Waals surface area contributed by atoms with E-state index < -0.39 is 5.97 Å². The van der Waals surface area contributed by atoms with Crippen LogP contribution in [0.3, 0.4) is 0 Å². The van der Waals surface area contributed by atoms with Crippen LogP contribution in [0.5, 0.6) is 0 Å². The van der Waals surface area contributed by atoms with Crippen molar-refractivity contribution in [3.63, 3.8) is 0 Å². The van der Waals surface area contributed by atoms with Crippen molar-refractivity contribution < 1.29 is 19.4 Å². The molecule has 0 rings (SSSR count). The quantitative estimate of drug-likeness (QED) is 0.505. The van der Waals surface area contributed by atoms with E-state index >= 15 is 0 Å². The van der Waals surface area contributed by atoms with Crippen LogP contribution in [0.1, 0.15) is 20.3 Å². The standard InChI is InChI=1S/C5H8O2.C3H6O2/c1-4(2)5(6)7-3;1-2-3(4)5/h1H2,2-3H3;2H2,1H3,(H,4,5). The smallest absolute Gasteiger partial charge is 0.332 e. The number of carbonyl (C=O) groups excluding carboxylic acids is 1. The second kappa shape index (κ2) is 7.78. The van der Waals surface area contributed by atoms with Crippen molar-refractivity contribution in [2.45, 2.75) is 20.3 Å². The third-order valence-electron chi connectivity index (χ3n) is 0.836. The highest BCUT2D eigenvalue weighted by Gasteiger charge is 1.95. The molecule has 0 atom stereocenters. The van der Waals surface area contributed by atoms with Crippen LogP contribution in [0.15, 0.2) is 12.2 Å². The maximum Gasteiger partial charge on any atom is 0.332 e. The summed E-state index contributed by atoms with van der Waals surface area (Å²) in [5, 5.41) is 7.72. The summed E-state index contributed by atoms with van der Waals surface area (Å²) in [5.41, 5.74) is 0.433. The van der Waals surface area contributed by atoms with E-state index in [-0.39, 0.29) is 12.4 Å². The lowest BCUT2D eigenvalue weighted by Crippen LogP contribution is -1.98. The molecule has 1 N–H and O–H groups in total. The Hall–Kier alpha value is -1.32. The molecule has 0 radical (unpaired) electrons. The molecule has 0 aliphatic rings. The Bertz CT molecular complexity index is 172. The summed E-state index contributed by atoms with van der Waals surface area (Å²) in [6.45, 7) is 6.55. The predicted octanol–water partition coefficient (Wildman–Crippen LogP) is 1.22. The third-order valence-corrected chi connectivity index (χ3v) is 0.836. The number of hydrogen-bond acceptors (Lipinski definition) is 3. The topological polar surface area (TPSA) is 63.6 Å². The molecule has 0 spiro atoms. The van der Waals surface area contributed by atoms with E-state index in [1.54, 1.807) is 13.8 Å². The van der Waals surface area contributed by atoms with E-state index in [4.69, 9.17) is 5.11 Å². The number of ether oxygens (including phenoxy) is 1. The van der Waals surface area contributed by atoms with Crippen molar-refractivity contribution in [2.24, 2.45) is 0 Å². The van der Waals surface area contributed by atoms with Crippen molar-refractivity contribution in [3.8, 4) is 0 Å². The van der Waals surface area contributed by atoms with E-state index in [0.29, 0.717) is 5.57 Å². The zero-order valence-electron chi connectivity index (χ0n) is 7.59. The Labute approximate surface area is 71.8 Å². The Morgan fingerprint density at radius 3 is 1.83 bits per heavy atom. The lowest BCUT2D eigenvalue weighted by atomic mass is 10.4. The fourth-order valence-corrected chi connectivity index (χ4v) is 0.174. The highest BCUT2D eigenvalue weighted by Crippen LogP contribution is 1.87. The molecule has 0 amide bonds. The Kier molecular flexibility index (Phi) is 8.62. The molecule has 0 aromatic heterocycles. The van der Waals surface area contributed by atoms with Crippen LogP contribution in [0.25, 0.3) is 0 Å². The number of carboxylic acids is 1. The molecule has 4 heteroatoms. The zero-order chi connectivity index (χ0) is 10.1. The maximum absolute atomic E-state index is 10.2. The van der Waals surface area contributed by atoms with Gasteiger partial charge >= 0.3 is 11.9 Å². The maximum atomic E-state index is 10.2. The van der Waals surface area contributed by atoms with Crippen LogP contribution in [-0.2, 0) is 14.3 Å². The van der Waals surface area contributed by atoms with E-state index in [1.807, 2.05) is 0 Å². The lowest BCUT2D eigenvalue weighted by molar-refractivity contribution is -0.137. The Morgan fingerprint density at radius 1 is 1.50 bits per heavy atom. The average molecular weight is 174 g/mol. The second-order valence-electron chi connectivity index (χ2n) is 2.02. The van der Waals surface area contributed by atoms with Gasteiger partial charge in [-0.1, -0.05) is 13.5 Å². The van der Waals surface area contributed by atoms with Crippen molar-refractivity contribution >= 4 is 11.9 Å². The van der Waals surface area contributed by atoms with Crippen LogP contribution >= 0.6 is 0 Å². The number of aliphatic carboxylic acids is 1. The summed E-state index contributed by atoms with van der Waals surface area (Å²) in [5.74, 6) is -1.09. The van der Waals surface area contributed by atoms with Crippen molar-refractivity contribution in [2.75, 3.05) is 7.11 Å². The summed E-state index contributed by atoms with van der Waals surface area (Å²) in [6.07, 6.45) is 0.222. The molecule has 4 nitrogen and oxygen atoms in total. The van der Waals surface area contributed by atoms with E-state index in [0.717, 1.165) is 0 Å². The minimum absolute atomic E-state index is 0.222. The van der Waals surface area contributed by atoms with E-state index in [2.05, 4.69) is 11.3 Å². The van der Waals surface area contributed by atoms with Crippen LogP contribution in [0.2, 0.25) is 0 Å².